The van der Waals surface area contributed by atoms with Gasteiger partial charge in [-0.1, -0.05) is 64.5 Å². The number of aliphatic hydroxyl groups excluding tert-OH is 2. The highest BCUT2D eigenvalue weighted by Gasteiger charge is 2.32. The SMILES string of the molecule is CCCCC(O)(CC)CC=C[C@H]1CCC(=O)[C@@H]1CCCCCCC(O)CO. The first kappa shape index (κ1) is 24.3. The number of hydrogen-bond acceptors (Lipinski definition) is 4. The van der Waals surface area contributed by atoms with Gasteiger partial charge >= 0.3 is 0 Å². The molecule has 1 aliphatic carbocycles. The van der Waals surface area contributed by atoms with Crippen molar-refractivity contribution in [3.05, 3.63) is 12.2 Å². The zero-order chi connectivity index (χ0) is 20.1. The van der Waals surface area contributed by atoms with Gasteiger partial charge in [0.1, 0.15) is 5.78 Å². The summed E-state index contributed by atoms with van der Waals surface area (Å²) in [5.74, 6) is 0.882. The monoisotopic (exact) mass is 382 g/mol. The molecule has 4 nitrogen and oxygen atoms in total. The first-order chi connectivity index (χ1) is 13.0. The maximum Gasteiger partial charge on any atom is 0.136 e. The Kier molecular flexibility index (Phi) is 12.1. The molecule has 0 heterocycles. The van der Waals surface area contributed by atoms with Crippen molar-refractivity contribution in [2.45, 2.75) is 109 Å². The molecule has 0 spiro atoms. The first-order valence-corrected chi connectivity index (χ1v) is 11.2. The zero-order valence-corrected chi connectivity index (χ0v) is 17.5. The Morgan fingerprint density at radius 3 is 2.59 bits per heavy atom. The number of rotatable bonds is 15. The highest BCUT2D eigenvalue weighted by Crippen LogP contribution is 2.34. The lowest BCUT2D eigenvalue weighted by Gasteiger charge is -2.25. The second kappa shape index (κ2) is 13.5. The van der Waals surface area contributed by atoms with E-state index in [0.29, 0.717) is 31.0 Å². The van der Waals surface area contributed by atoms with E-state index in [1.54, 1.807) is 0 Å². The van der Waals surface area contributed by atoms with E-state index in [1.165, 1.54) is 0 Å². The summed E-state index contributed by atoms with van der Waals surface area (Å²) in [6, 6.07) is 0. The van der Waals surface area contributed by atoms with Gasteiger partial charge in [0.05, 0.1) is 18.3 Å². The summed E-state index contributed by atoms with van der Waals surface area (Å²) >= 11 is 0. The maximum absolute atomic E-state index is 12.2. The van der Waals surface area contributed by atoms with Crippen LogP contribution >= 0.6 is 0 Å². The van der Waals surface area contributed by atoms with E-state index in [1.807, 2.05) is 6.92 Å². The number of aliphatic hydroxyl groups is 3. The quantitative estimate of drug-likeness (QED) is 0.287. The normalized spacial score (nSPS) is 23.8. The van der Waals surface area contributed by atoms with Crippen LogP contribution in [0.4, 0.5) is 0 Å². The minimum Gasteiger partial charge on any atom is -0.394 e. The van der Waals surface area contributed by atoms with Crippen molar-refractivity contribution in [1.29, 1.82) is 0 Å². The Morgan fingerprint density at radius 1 is 1.19 bits per heavy atom. The van der Waals surface area contributed by atoms with E-state index >= 15 is 0 Å². The molecule has 27 heavy (non-hydrogen) atoms. The fraction of sp³-hybridized carbons (Fsp3) is 0.870. The molecule has 2 unspecified atom stereocenters. The molecule has 0 radical (unpaired) electrons. The maximum atomic E-state index is 12.2. The predicted molar refractivity (Wildman–Crippen MR) is 111 cm³/mol. The van der Waals surface area contributed by atoms with E-state index in [4.69, 9.17) is 5.11 Å². The summed E-state index contributed by atoms with van der Waals surface area (Å²) in [5, 5.41) is 28.8. The Bertz CT molecular complexity index is 434. The van der Waals surface area contributed by atoms with Crippen molar-refractivity contribution < 1.29 is 20.1 Å². The summed E-state index contributed by atoms with van der Waals surface area (Å²) in [4.78, 5) is 12.2. The van der Waals surface area contributed by atoms with Crippen molar-refractivity contribution in [3.63, 3.8) is 0 Å². The molecule has 0 saturated heterocycles. The zero-order valence-electron chi connectivity index (χ0n) is 17.5. The topological polar surface area (TPSA) is 77.8 Å². The fourth-order valence-electron chi connectivity index (χ4n) is 4.12. The van der Waals surface area contributed by atoms with Crippen LogP contribution < -0.4 is 0 Å². The summed E-state index contributed by atoms with van der Waals surface area (Å²) in [6.45, 7) is 4.04. The molecule has 158 valence electrons. The van der Waals surface area contributed by atoms with Crippen LogP contribution in [0.25, 0.3) is 0 Å². The average molecular weight is 383 g/mol. The number of unbranched alkanes of at least 4 members (excludes halogenated alkanes) is 4. The number of hydrogen-bond donors (Lipinski definition) is 3. The van der Waals surface area contributed by atoms with Crippen molar-refractivity contribution in [2.24, 2.45) is 11.8 Å². The third kappa shape index (κ3) is 9.36. The Balaban J connectivity index is 2.36. The van der Waals surface area contributed by atoms with Crippen LogP contribution in [-0.4, -0.2) is 39.4 Å². The van der Waals surface area contributed by atoms with Gasteiger partial charge in [0.15, 0.2) is 0 Å². The van der Waals surface area contributed by atoms with E-state index in [2.05, 4.69) is 19.1 Å². The highest BCUT2D eigenvalue weighted by molar-refractivity contribution is 5.83. The Hall–Kier alpha value is -0.710. The molecule has 0 aliphatic heterocycles. The van der Waals surface area contributed by atoms with Gasteiger partial charge in [-0.25, -0.2) is 0 Å². The molecular weight excluding hydrogens is 340 g/mol. The van der Waals surface area contributed by atoms with Gasteiger partial charge in [-0.3, -0.25) is 4.79 Å². The standard InChI is InChI=1S/C23H42O4/c1-3-5-16-23(27,4-2)17-10-11-19-14-15-22(26)21(19)13-9-7-6-8-12-20(25)18-24/h10-11,19-21,24-25,27H,3-9,12-18H2,1-2H3/t19-,20?,21+,23?/m0/s1. The molecule has 3 N–H and O–H groups in total. The van der Waals surface area contributed by atoms with Crippen LogP contribution in [0.3, 0.4) is 0 Å². The van der Waals surface area contributed by atoms with Crippen LogP contribution in [0.1, 0.15) is 97.3 Å². The van der Waals surface area contributed by atoms with Crippen LogP contribution in [-0.2, 0) is 4.79 Å². The van der Waals surface area contributed by atoms with Crippen molar-refractivity contribution in [2.75, 3.05) is 6.61 Å². The molecule has 4 atom stereocenters. The molecule has 0 aromatic heterocycles. The van der Waals surface area contributed by atoms with Gasteiger partial charge in [0.25, 0.3) is 0 Å². The molecule has 0 aromatic carbocycles. The number of ketones is 1. The molecule has 0 bridgehead atoms. The summed E-state index contributed by atoms with van der Waals surface area (Å²) in [6.07, 6.45) is 15.5. The van der Waals surface area contributed by atoms with E-state index < -0.39 is 11.7 Å². The van der Waals surface area contributed by atoms with E-state index in [9.17, 15) is 15.0 Å². The van der Waals surface area contributed by atoms with E-state index in [-0.39, 0.29) is 12.5 Å². The van der Waals surface area contributed by atoms with Crippen LogP contribution in [0, 0.1) is 11.8 Å². The fourth-order valence-corrected chi connectivity index (χ4v) is 4.12. The summed E-state index contributed by atoms with van der Waals surface area (Å²) < 4.78 is 0. The second-order valence-electron chi connectivity index (χ2n) is 8.42. The minimum atomic E-state index is -0.593. The second-order valence-corrected chi connectivity index (χ2v) is 8.42. The third-order valence-electron chi connectivity index (χ3n) is 6.20. The first-order valence-electron chi connectivity index (χ1n) is 11.2. The molecule has 1 saturated carbocycles. The van der Waals surface area contributed by atoms with Crippen LogP contribution in [0.5, 0.6) is 0 Å². The largest absolute Gasteiger partial charge is 0.394 e. The Morgan fingerprint density at radius 2 is 1.93 bits per heavy atom. The molecule has 1 aliphatic rings. The van der Waals surface area contributed by atoms with Gasteiger partial charge in [0.2, 0.25) is 0 Å². The van der Waals surface area contributed by atoms with Gasteiger partial charge in [-0.05, 0) is 44.4 Å². The van der Waals surface area contributed by atoms with Crippen molar-refractivity contribution in [1.82, 2.24) is 0 Å². The smallest absolute Gasteiger partial charge is 0.136 e. The number of allylic oxidation sites excluding steroid dienone is 1. The number of carbonyl (C=O) groups is 1. The van der Waals surface area contributed by atoms with Crippen molar-refractivity contribution in [3.8, 4) is 0 Å². The highest BCUT2D eigenvalue weighted by atomic mass is 16.3. The van der Waals surface area contributed by atoms with Crippen LogP contribution in [0.15, 0.2) is 12.2 Å². The number of Topliss-reactive ketones (excluding diaryl/α,β-unsaturated/α-hetero) is 1. The molecular formula is C23H42O4. The minimum absolute atomic E-state index is 0.148. The molecule has 1 fully saturated rings. The lowest BCUT2D eigenvalue weighted by molar-refractivity contribution is -0.121. The lowest BCUT2D eigenvalue weighted by Crippen LogP contribution is -2.26. The van der Waals surface area contributed by atoms with E-state index in [0.717, 1.165) is 64.2 Å². The molecule has 1 rings (SSSR count). The molecule has 4 heteroatoms. The third-order valence-corrected chi connectivity index (χ3v) is 6.20. The van der Waals surface area contributed by atoms with Gasteiger partial charge in [-0.15, -0.1) is 0 Å². The Labute approximate surface area is 166 Å². The summed E-state index contributed by atoms with van der Waals surface area (Å²) in [5.41, 5.74) is -0.593. The summed E-state index contributed by atoms with van der Waals surface area (Å²) in [7, 11) is 0. The molecule has 0 aromatic rings. The number of carbonyl (C=O) groups excluding carboxylic acids is 1. The predicted octanol–water partition coefficient (Wildman–Crippen LogP) is 4.55. The molecule has 0 amide bonds. The van der Waals surface area contributed by atoms with Crippen LogP contribution in [0.2, 0.25) is 0 Å². The average Bonchev–Trinajstić information content (AvgIpc) is 3.02. The van der Waals surface area contributed by atoms with Gasteiger partial charge < -0.3 is 15.3 Å². The lowest BCUT2D eigenvalue weighted by atomic mass is 9.87. The van der Waals surface area contributed by atoms with Crippen molar-refractivity contribution >= 4 is 5.78 Å². The van der Waals surface area contributed by atoms with Gasteiger partial charge in [-0.2, -0.15) is 0 Å². The van der Waals surface area contributed by atoms with Gasteiger partial charge in [0, 0.05) is 12.3 Å².